The second-order valence-corrected chi connectivity index (χ2v) is 6.82. The summed E-state index contributed by atoms with van der Waals surface area (Å²) in [6, 6.07) is 10.1. The van der Waals surface area contributed by atoms with Crippen molar-refractivity contribution in [3.63, 3.8) is 0 Å². The molecule has 3 rings (SSSR count). The molecule has 1 amide bonds. The quantitative estimate of drug-likeness (QED) is 0.655. The maximum Gasteiger partial charge on any atom is 0.325 e. The van der Waals surface area contributed by atoms with E-state index < -0.39 is 30.1 Å². The van der Waals surface area contributed by atoms with Crippen molar-refractivity contribution in [3.8, 4) is 0 Å². The van der Waals surface area contributed by atoms with Crippen molar-refractivity contribution >= 4 is 44.9 Å². The van der Waals surface area contributed by atoms with E-state index in [2.05, 4.69) is 5.32 Å². The van der Waals surface area contributed by atoms with Crippen molar-refractivity contribution in [2.24, 2.45) is 0 Å². The number of benzene rings is 2. The van der Waals surface area contributed by atoms with Crippen LogP contribution in [-0.2, 0) is 16.1 Å². The Balaban J connectivity index is 1.55. The fourth-order valence-corrected chi connectivity index (χ4v) is 3.68. The number of amides is 1. The van der Waals surface area contributed by atoms with Gasteiger partial charge in [0, 0.05) is 16.2 Å². The van der Waals surface area contributed by atoms with E-state index in [1.54, 1.807) is 0 Å². The van der Waals surface area contributed by atoms with Crippen LogP contribution in [0.1, 0.15) is 15.2 Å². The van der Waals surface area contributed by atoms with Crippen LogP contribution in [0.5, 0.6) is 0 Å². The van der Waals surface area contributed by atoms with Crippen LogP contribution in [0.15, 0.2) is 42.5 Å². The van der Waals surface area contributed by atoms with E-state index in [1.807, 2.05) is 24.3 Å². The molecule has 0 saturated carbocycles. The van der Waals surface area contributed by atoms with Crippen LogP contribution in [0, 0.1) is 11.6 Å². The number of thiophene rings is 1. The van der Waals surface area contributed by atoms with Gasteiger partial charge >= 0.3 is 5.97 Å². The topological polar surface area (TPSA) is 55.4 Å². The summed E-state index contributed by atoms with van der Waals surface area (Å²) in [6.45, 7) is -0.476. The molecule has 1 heterocycles. The first-order chi connectivity index (χ1) is 12.5. The predicted octanol–water partition coefficient (Wildman–Crippen LogP) is 4.31. The van der Waals surface area contributed by atoms with Gasteiger partial charge in [0.15, 0.2) is 0 Å². The van der Waals surface area contributed by atoms with Gasteiger partial charge < -0.3 is 10.1 Å². The van der Waals surface area contributed by atoms with Crippen LogP contribution in [0.2, 0.25) is 5.02 Å². The first-order valence-electron chi connectivity index (χ1n) is 7.50. The van der Waals surface area contributed by atoms with Gasteiger partial charge in [0.2, 0.25) is 0 Å². The Morgan fingerprint density at radius 3 is 2.65 bits per heavy atom. The molecule has 0 fully saturated rings. The van der Waals surface area contributed by atoms with Crippen LogP contribution in [-0.4, -0.2) is 18.4 Å². The number of ether oxygens (including phenoxy) is 1. The van der Waals surface area contributed by atoms with Gasteiger partial charge in [0.1, 0.15) is 24.8 Å². The van der Waals surface area contributed by atoms with Crippen LogP contribution >= 0.6 is 22.9 Å². The minimum absolute atomic E-state index is 0.0300. The van der Waals surface area contributed by atoms with E-state index in [0.717, 1.165) is 22.2 Å². The number of hydrogen-bond acceptors (Lipinski definition) is 4. The fourth-order valence-electron chi connectivity index (χ4n) is 2.28. The summed E-state index contributed by atoms with van der Waals surface area (Å²) in [5.41, 5.74) is -0.355. The first-order valence-corrected chi connectivity index (χ1v) is 8.70. The molecular formula is C18H12ClF2NO3S. The highest BCUT2D eigenvalue weighted by atomic mass is 35.5. The summed E-state index contributed by atoms with van der Waals surface area (Å²) in [6.07, 6.45) is 0. The summed E-state index contributed by atoms with van der Waals surface area (Å²) < 4.78 is 32.4. The zero-order valence-electron chi connectivity index (χ0n) is 13.2. The number of carbonyl (C=O) groups excluding carboxylic acids is 2. The third kappa shape index (κ3) is 4.00. The van der Waals surface area contributed by atoms with Crippen molar-refractivity contribution in [3.05, 3.63) is 69.6 Å². The number of fused-ring (bicyclic) bond motifs is 1. The third-order valence-corrected chi connectivity index (χ3v) is 5.22. The van der Waals surface area contributed by atoms with E-state index in [0.29, 0.717) is 16.0 Å². The Kier molecular flexibility index (Phi) is 5.49. The fraction of sp³-hybridized carbons (Fsp3) is 0.111. The Labute approximate surface area is 156 Å². The van der Waals surface area contributed by atoms with Crippen LogP contribution in [0.4, 0.5) is 8.78 Å². The lowest BCUT2D eigenvalue weighted by molar-refractivity contribution is -0.143. The lowest BCUT2D eigenvalue weighted by Gasteiger charge is -2.07. The Hall–Kier alpha value is -2.51. The standard InChI is InChI=1S/C18H12ClF2NO3S/c19-17-12-3-1-2-4-14(12)26-15(17)9-25-16(23)8-22-18(24)11-6-5-10(20)7-13(11)21/h1-7H,8-9H2,(H,22,24). The highest BCUT2D eigenvalue weighted by Crippen LogP contribution is 2.35. The largest absolute Gasteiger partial charge is 0.459 e. The monoisotopic (exact) mass is 395 g/mol. The van der Waals surface area contributed by atoms with E-state index in [9.17, 15) is 18.4 Å². The SMILES string of the molecule is O=C(CNC(=O)c1ccc(F)cc1F)OCc1sc2ccccc2c1Cl. The molecule has 134 valence electrons. The Bertz CT molecular complexity index is 990. The molecule has 2 aromatic carbocycles. The summed E-state index contributed by atoms with van der Waals surface area (Å²) >= 11 is 7.66. The molecule has 1 N–H and O–H groups in total. The van der Waals surface area contributed by atoms with Crippen molar-refractivity contribution < 1.29 is 23.1 Å². The minimum Gasteiger partial charge on any atom is -0.459 e. The molecule has 0 spiro atoms. The van der Waals surface area contributed by atoms with Gasteiger partial charge in [-0.25, -0.2) is 8.78 Å². The minimum atomic E-state index is -1.01. The lowest BCUT2D eigenvalue weighted by Crippen LogP contribution is -2.31. The number of halogens is 3. The number of carbonyl (C=O) groups is 2. The molecule has 0 aliphatic heterocycles. The van der Waals surface area contributed by atoms with Gasteiger partial charge in [0.05, 0.1) is 15.5 Å². The predicted molar refractivity (Wildman–Crippen MR) is 95.3 cm³/mol. The van der Waals surface area contributed by atoms with Gasteiger partial charge in [-0.3, -0.25) is 9.59 Å². The van der Waals surface area contributed by atoms with Gasteiger partial charge in [-0.05, 0) is 18.2 Å². The molecule has 0 aliphatic rings. The second-order valence-electron chi connectivity index (χ2n) is 5.30. The molecule has 0 unspecified atom stereocenters. The van der Waals surface area contributed by atoms with E-state index in [-0.39, 0.29) is 12.2 Å². The number of hydrogen-bond donors (Lipinski definition) is 1. The summed E-state index contributed by atoms with van der Waals surface area (Å²) in [5, 5.41) is 3.63. The Morgan fingerprint density at radius 2 is 1.92 bits per heavy atom. The molecule has 1 aromatic heterocycles. The molecule has 26 heavy (non-hydrogen) atoms. The molecular weight excluding hydrogens is 384 g/mol. The molecule has 3 aromatic rings. The Morgan fingerprint density at radius 1 is 1.15 bits per heavy atom. The van der Waals surface area contributed by atoms with Gasteiger partial charge in [-0.1, -0.05) is 29.8 Å². The average molecular weight is 396 g/mol. The van der Waals surface area contributed by atoms with Crippen LogP contribution in [0.3, 0.4) is 0 Å². The molecule has 0 saturated heterocycles. The van der Waals surface area contributed by atoms with Crippen LogP contribution in [0.25, 0.3) is 10.1 Å². The molecule has 0 atom stereocenters. The first kappa shape index (κ1) is 18.3. The van der Waals surface area contributed by atoms with Crippen molar-refractivity contribution in [1.82, 2.24) is 5.32 Å². The number of nitrogens with one attached hydrogen (secondary N) is 1. The van der Waals surface area contributed by atoms with E-state index in [4.69, 9.17) is 16.3 Å². The zero-order valence-corrected chi connectivity index (χ0v) is 14.8. The van der Waals surface area contributed by atoms with Crippen molar-refractivity contribution in [2.45, 2.75) is 6.61 Å². The molecule has 0 bridgehead atoms. The maximum atomic E-state index is 13.5. The lowest BCUT2D eigenvalue weighted by atomic mass is 10.2. The number of esters is 1. The third-order valence-electron chi connectivity index (χ3n) is 3.53. The molecule has 0 aliphatic carbocycles. The van der Waals surface area contributed by atoms with Gasteiger partial charge in [-0.2, -0.15) is 0 Å². The van der Waals surface area contributed by atoms with E-state index >= 15 is 0 Å². The van der Waals surface area contributed by atoms with Crippen molar-refractivity contribution in [1.29, 1.82) is 0 Å². The normalized spacial score (nSPS) is 10.7. The highest BCUT2D eigenvalue weighted by molar-refractivity contribution is 7.19. The smallest absolute Gasteiger partial charge is 0.325 e. The van der Waals surface area contributed by atoms with Gasteiger partial charge in [0.25, 0.3) is 5.91 Å². The highest BCUT2D eigenvalue weighted by Gasteiger charge is 2.15. The number of rotatable bonds is 5. The average Bonchev–Trinajstić information content (AvgIpc) is 2.94. The second kappa shape index (κ2) is 7.80. The molecule has 4 nitrogen and oxygen atoms in total. The zero-order chi connectivity index (χ0) is 18.7. The summed E-state index contributed by atoms with van der Waals surface area (Å²) in [4.78, 5) is 24.3. The van der Waals surface area contributed by atoms with Crippen molar-refractivity contribution in [2.75, 3.05) is 6.54 Å². The summed E-state index contributed by atoms with van der Waals surface area (Å²) in [7, 11) is 0. The molecule has 8 heteroatoms. The summed E-state index contributed by atoms with van der Waals surface area (Å²) in [5.74, 6) is -3.33. The van der Waals surface area contributed by atoms with E-state index in [1.165, 1.54) is 11.3 Å². The maximum absolute atomic E-state index is 13.5. The molecule has 0 radical (unpaired) electrons. The van der Waals surface area contributed by atoms with Crippen LogP contribution < -0.4 is 5.32 Å². The van der Waals surface area contributed by atoms with Gasteiger partial charge in [-0.15, -0.1) is 11.3 Å².